The molecule has 2 rings (SSSR count). The van der Waals surface area contributed by atoms with E-state index >= 15 is 0 Å². The van der Waals surface area contributed by atoms with E-state index in [-0.39, 0.29) is 29.7 Å². The number of ether oxygens (including phenoxy) is 1. The lowest BCUT2D eigenvalue weighted by molar-refractivity contribution is 0.264. The molecule has 0 radical (unpaired) electrons. The van der Waals surface area contributed by atoms with Crippen LogP contribution in [0.5, 0.6) is 5.75 Å². The van der Waals surface area contributed by atoms with Crippen LogP contribution in [-0.4, -0.2) is 6.61 Å². The zero-order valence-electron chi connectivity index (χ0n) is 13.9. The van der Waals surface area contributed by atoms with Crippen LogP contribution >= 0.6 is 0 Å². The Bertz CT molecular complexity index is 546. The van der Waals surface area contributed by atoms with E-state index in [1.807, 2.05) is 0 Å². The third kappa shape index (κ3) is 4.52. The summed E-state index contributed by atoms with van der Waals surface area (Å²) in [4.78, 5) is 0. The first kappa shape index (κ1) is 17.9. The fourth-order valence-corrected chi connectivity index (χ4v) is 3.33. The highest BCUT2D eigenvalue weighted by Crippen LogP contribution is 2.37. The molecule has 0 unspecified atom stereocenters. The van der Waals surface area contributed by atoms with Crippen molar-refractivity contribution < 1.29 is 17.9 Å². The van der Waals surface area contributed by atoms with Crippen molar-refractivity contribution in [2.75, 3.05) is 6.61 Å². The molecule has 0 spiro atoms. The molecular formula is C19H25F3O. The molecule has 1 nitrogen and oxygen atoms in total. The van der Waals surface area contributed by atoms with Crippen LogP contribution in [0, 0.1) is 23.5 Å². The Morgan fingerprint density at radius 1 is 1.13 bits per heavy atom. The summed E-state index contributed by atoms with van der Waals surface area (Å²) in [6.45, 7) is 4.11. The van der Waals surface area contributed by atoms with E-state index < -0.39 is 11.6 Å². The van der Waals surface area contributed by atoms with Crippen molar-refractivity contribution in [1.29, 1.82) is 0 Å². The largest absolute Gasteiger partial charge is 0.491 e. The van der Waals surface area contributed by atoms with Gasteiger partial charge < -0.3 is 4.74 Å². The summed E-state index contributed by atoms with van der Waals surface area (Å²) in [5.41, 5.74) is -0.0564. The first-order valence-corrected chi connectivity index (χ1v) is 8.54. The number of halogens is 3. The molecule has 0 aromatic heterocycles. The molecule has 0 atom stereocenters. The second-order valence-corrected chi connectivity index (χ2v) is 6.25. The molecule has 1 aromatic rings. The van der Waals surface area contributed by atoms with Crippen molar-refractivity contribution in [3.05, 3.63) is 35.2 Å². The van der Waals surface area contributed by atoms with Gasteiger partial charge in [0, 0.05) is 11.5 Å². The molecule has 0 saturated heterocycles. The van der Waals surface area contributed by atoms with Crippen LogP contribution in [0.15, 0.2) is 18.0 Å². The maximum absolute atomic E-state index is 14.4. The van der Waals surface area contributed by atoms with Crippen molar-refractivity contribution in [3.8, 4) is 5.75 Å². The number of hydrogen-bond acceptors (Lipinski definition) is 1. The third-order valence-corrected chi connectivity index (χ3v) is 4.60. The first-order valence-electron chi connectivity index (χ1n) is 8.54. The number of rotatable bonds is 6. The first-order chi connectivity index (χ1) is 11.1. The number of allylic oxidation sites excluding steroid dienone is 1. The van der Waals surface area contributed by atoms with Gasteiger partial charge in [-0.15, -0.1) is 0 Å². The summed E-state index contributed by atoms with van der Waals surface area (Å²) in [6, 6.07) is 2.71. The van der Waals surface area contributed by atoms with Crippen molar-refractivity contribution in [2.45, 2.75) is 52.4 Å². The average Bonchev–Trinajstić information content (AvgIpc) is 2.55. The Morgan fingerprint density at radius 3 is 2.43 bits per heavy atom. The minimum absolute atomic E-state index is 0.0564. The number of hydrogen-bond donors (Lipinski definition) is 0. The Labute approximate surface area is 136 Å². The van der Waals surface area contributed by atoms with E-state index in [0.29, 0.717) is 5.92 Å². The SMILES string of the molecule is CCCC1CCC(/C(F)=C/c2ccc(OCC)c(F)c2F)CC1. The molecule has 0 amide bonds. The van der Waals surface area contributed by atoms with Crippen LogP contribution in [0.4, 0.5) is 13.2 Å². The zero-order chi connectivity index (χ0) is 16.8. The second kappa shape index (κ2) is 8.42. The van der Waals surface area contributed by atoms with Crippen molar-refractivity contribution in [2.24, 2.45) is 11.8 Å². The molecular weight excluding hydrogens is 301 g/mol. The van der Waals surface area contributed by atoms with Crippen LogP contribution in [0.1, 0.15) is 57.9 Å². The van der Waals surface area contributed by atoms with Gasteiger partial charge in [0.05, 0.1) is 6.61 Å². The fourth-order valence-electron chi connectivity index (χ4n) is 3.33. The molecule has 1 fully saturated rings. The van der Waals surface area contributed by atoms with Gasteiger partial charge in [0.2, 0.25) is 5.82 Å². The molecule has 1 aliphatic rings. The van der Waals surface area contributed by atoms with Gasteiger partial charge in [-0.2, -0.15) is 4.39 Å². The Kier molecular flexibility index (Phi) is 6.55. The van der Waals surface area contributed by atoms with Gasteiger partial charge in [0.25, 0.3) is 0 Å². The number of benzene rings is 1. The minimum atomic E-state index is -1.06. The highest BCUT2D eigenvalue weighted by molar-refractivity contribution is 5.54. The normalized spacial score (nSPS) is 22.2. The molecule has 128 valence electrons. The topological polar surface area (TPSA) is 9.23 Å². The minimum Gasteiger partial charge on any atom is -0.491 e. The third-order valence-electron chi connectivity index (χ3n) is 4.60. The summed E-state index contributed by atoms with van der Waals surface area (Å²) in [7, 11) is 0. The fraction of sp³-hybridized carbons (Fsp3) is 0.579. The molecule has 0 bridgehead atoms. The molecule has 4 heteroatoms. The highest BCUT2D eigenvalue weighted by Gasteiger charge is 2.24. The molecule has 0 N–H and O–H groups in total. The summed E-state index contributed by atoms with van der Waals surface area (Å²) in [5, 5.41) is 0. The molecule has 1 saturated carbocycles. The lowest BCUT2D eigenvalue weighted by Crippen LogP contribution is -2.15. The van der Waals surface area contributed by atoms with Crippen LogP contribution < -0.4 is 4.74 Å². The zero-order valence-corrected chi connectivity index (χ0v) is 13.9. The van der Waals surface area contributed by atoms with Gasteiger partial charge in [-0.1, -0.05) is 19.8 Å². The van der Waals surface area contributed by atoms with Crippen molar-refractivity contribution in [3.63, 3.8) is 0 Å². The molecule has 0 heterocycles. The Hall–Kier alpha value is -1.45. The molecule has 1 aliphatic carbocycles. The summed E-state index contributed by atoms with van der Waals surface area (Å²) in [5.74, 6) is -2.07. The maximum Gasteiger partial charge on any atom is 0.201 e. The van der Waals surface area contributed by atoms with E-state index in [1.165, 1.54) is 18.6 Å². The van der Waals surface area contributed by atoms with Crippen LogP contribution in [0.2, 0.25) is 0 Å². The van der Waals surface area contributed by atoms with E-state index in [2.05, 4.69) is 6.92 Å². The summed E-state index contributed by atoms with van der Waals surface area (Å²) < 4.78 is 47.2. The highest BCUT2D eigenvalue weighted by atomic mass is 19.2. The molecule has 0 aliphatic heterocycles. The van der Waals surface area contributed by atoms with Gasteiger partial charge in [-0.25, -0.2) is 8.78 Å². The Morgan fingerprint density at radius 2 is 1.83 bits per heavy atom. The van der Waals surface area contributed by atoms with Crippen molar-refractivity contribution in [1.82, 2.24) is 0 Å². The van der Waals surface area contributed by atoms with E-state index in [0.717, 1.165) is 38.2 Å². The summed E-state index contributed by atoms with van der Waals surface area (Å²) in [6.07, 6.45) is 7.09. The lowest BCUT2D eigenvalue weighted by Gasteiger charge is -2.27. The van der Waals surface area contributed by atoms with Gasteiger partial charge in [-0.05, 0) is 56.7 Å². The molecule has 23 heavy (non-hydrogen) atoms. The van der Waals surface area contributed by atoms with Gasteiger partial charge in [-0.3, -0.25) is 0 Å². The Balaban J connectivity index is 2.08. The lowest BCUT2D eigenvalue weighted by atomic mass is 9.79. The van der Waals surface area contributed by atoms with Gasteiger partial charge in [0.15, 0.2) is 11.6 Å². The predicted octanol–water partition coefficient (Wildman–Crippen LogP) is 6.28. The quantitative estimate of drug-likeness (QED) is 0.597. The van der Waals surface area contributed by atoms with E-state index in [4.69, 9.17) is 4.74 Å². The van der Waals surface area contributed by atoms with E-state index in [1.54, 1.807) is 6.92 Å². The maximum atomic E-state index is 14.4. The predicted molar refractivity (Wildman–Crippen MR) is 87.0 cm³/mol. The smallest absolute Gasteiger partial charge is 0.201 e. The van der Waals surface area contributed by atoms with Gasteiger partial charge in [0.1, 0.15) is 5.83 Å². The van der Waals surface area contributed by atoms with E-state index in [9.17, 15) is 13.2 Å². The molecule has 1 aromatic carbocycles. The van der Waals surface area contributed by atoms with Gasteiger partial charge >= 0.3 is 0 Å². The van der Waals surface area contributed by atoms with Crippen molar-refractivity contribution >= 4 is 6.08 Å². The average molecular weight is 326 g/mol. The second-order valence-electron chi connectivity index (χ2n) is 6.25. The van der Waals surface area contributed by atoms with Crippen LogP contribution in [-0.2, 0) is 0 Å². The van der Waals surface area contributed by atoms with Crippen LogP contribution in [0.3, 0.4) is 0 Å². The van der Waals surface area contributed by atoms with Crippen LogP contribution in [0.25, 0.3) is 6.08 Å². The standard InChI is InChI=1S/C19H25F3O/c1-3-5-13-6-8-14(9-7-13)16(20)12-15-10-11-17(23-4-2)19(22)18(15)21/h10-14H,3-9H2,1-2H3/b16-12-. The summed E-state index contributed by atoms with van der Waals surface area (Å²) >= 11 is 0. The monoisotopic (exact) mass is 326 g/mol.